The quantitative estimate of drug-likeness (QED) is 0.247. The monoisotopic (exact) mass is 548 g/mol. The fourth-order valence-corrected chi connectivity index (χ4v) is 4.98. The van der Waals surface area contributed by atoms with E-state index in [4.69, 9.17) is 4.98 Å². The van der Waals surface area contributed by atoms with Gasteiger partial charge in [0.2, 0.25) is 5.91 Å². The summed E-state index contributed by atoms with van der Waals surface area (Å²) in [6, 6.07) is 11.1. The number of pyridine rings is 1. The maximum absolute atomic E-state index is 13.7. The molecular weight excluding hydrogens is 516 g/mol. The summed E-state index contributed by atoms with van der Waals surface area (Å²) < 4.78 is 3.35. The molecule has 0 fully saturated rings. The number of nitrogens with zero attached hydrogens (tertiary/aromatic N) is 8. The van der Waals surface area contributed by atoms with Gasteiger partial charge in [-0.25, -0.2) is 14.6 Å². The SMILES string of the molecule is CC(=O)c1ccc(-n2cnc3cc4c(cc32)C(C)(C)C(=O)N4/C(C)=C/C=C(/C)N(C)C)nc1-n1nc(C#N)cc1C. The van der Waals surface area contributed by atoms with Crippen LogP contribution in [0.5, 0.6) is 0 Å². The van der Waals surface area contributed by atoms with E-state index in [9.17, 15) is 14.9 Å². The molecule has 0 unspecified atom stereocenters. The van der Waals surface area contributed by atoms with E-state index in [2.05, 4.69) is 10.1 Å². The maximum atomic E-state index is 13.7. The van der Waals surface area contributed by atoms with Gasteiger partial charge in [0.05, 0.1) is 27.7 Å². The molecule has 41 heavy (non-hydrogen) atoms. The molecule has 10 heteroatoms. The molecular formula is C31H32N8O2. The highest BCUT2D eigenvalue weighted by atomic mass is 16.2. The average Bonchev–Trinajstić information content (AvgIpc) is 3.58. The van der Waals surface area contributed by atoms with Gasteiger partial charge in [-0.1, -0.05) is 0 Å². The topological polar surface area (TPSA) is 113 Å². The van der Waals surface area contributed by atoms with Crippen molar-refractivity contribution in [2.75, 3.05) is 19.0 Å². The second-order valence-electron chi connectivity index (χ2n) is 11.0. The molecule has 0 aliphatic carbocycles. The van der Waals surface area contributed by atoms with Gasteiger partial charge in [-0.3, -0.25) is 19.1 Å². The molecule has 3 aromatic heterocycles. The predicted octanol–water partition coefficient (Wildman–Crippen LogP) is 4.98. The lowest BCUT2D eigenvalue weighted by atomic mass is 9.86. The Balaban J connectivity index is 1.66. The first kappa shape index (κ1) is 27.5. The van der Waals surface area contributed by atoms with Crippen LogP contribution < -0.4 is 4.90 Å². The van der Waals surface area contributed by atoms with Crippen molar-refractivity contribution in [3.8, 4) is 17.7 Å². The number of ketones is 1. The van der Waals surface area contributed by atoms with E-state index in [1.54, 1.807) is 36.4 Å². The van der Waals surface area contributed by atoms with E-state index in [0.29, 0.717) is 28.4 Å². The summed E-state index contributed by atoms with van der Waals surface area (Å²) in [5.74, 6) is 0.686. The van der Waals surface area contributed by atoms with Gasteiger partial charge in [-0.15, -0.1) is 0 Å². The van der Waals surface area contributed by atoms with Gasteiger partial charge >= 0.3 is 0 Å². The summed E-state index contributed by atoms with van der Waals surface area (Å²) in [5, 5.41) is 13.7. The third-order valence-electron chi connectivity index (χ3n) is 7.63. The Kier molecular flexibility index (Phi) is 6.62. The van der Waals surface area contributed by atoms with Crippen LogP contribution in [0, 0.1) is 18.3 Å². The summed E-state index contributed by atoms with van der Waals surface area (Å²) in [5.41, 5.74) is 5.61. The lowest BCUT2D eigenvalue weighted by Gasteiger charge is -2.21. The van der Waals surface area contributed by atoms with Gasteiger partial charge in [-0.05, 0) is 89.6 Å². The first-order valence-electron chi connectivity index (χ1n) is 13.2. The molecule has 1 aliphatic rings. The van der Waals surface area contributed by atoms with Crippen LogP contribution in [-0.2, 0) is 10.2 Å². The van der Waals surface area contributed by atoms with Crippen molar-refractivity contribution >= 4 is 28.4 Å². The van der Waals surface area contributed by atoms with Crippen LogP contribution in [0.1, 0.15) is 61.9 Å². The molecule has 10 nitrogen and oxygen atoms in total. The van der Waals surface area contributed by atoms with Crippen LogP contribution >= 0.6 is 0 Å². The number of hydrogen-bond donors (Lipinski definition) is 0. The highest BCUT2D eigenvalue weighted by Gasteiger charge is 2.45. The van der Waals surface area contributed by atoms with Gasteiger partial charge in [-0.2, -0.15) is 10.4 Å². The second-order valence-corrected chi connectivity index (χ2v) is 11.0. The first-order valence-corrected chi connectivity index (χ1v) is 13.2. The van der Waals surface area contributed by atoms with Gasteiger partial charge in [0, 0.05) is 31.2 Å². The molecule has 0 radical (unpaired) electrons. The zero-order chi connectivity index (χ0) is 29.8. The molecule has 0 spiro atoms. The molecule has 4 heterocycles. The smallest absolute Gasteiger partial charge is 0.241 e. The Labute approximate surface area is 238 Å². The van der Waals surface area contributed by atoms with Crippen LogP contribution in [0.15, 0.2) is 60.2 Å². The fourth-order valence-electron chi connectivity index (χ4n) is 4.98. The molecule has 1 aromatic carbocycles. The second kappa shape index (κ2) is 9.86. The Morgan fingerprint density at radius 1 is 1.10 bits per heavy atom. The van der Waals surface area contributed by atoms with Crippen molar-refractivity contribution < 1.29 is 9.59 Å². The summed E-state index contributed by atoms with van der Waals surface area (Å²) in [6.45, 7) is 11.1. The lowest BCUT2D eigenvalue weighted by Crippen LogP contribution is -2.35. The number of Topliss-reactive ketones (excluding diaryl/α,β-unsaturated/α-hetero) is 1. The van der Waals surface area contributed by atoms with E-state index >= 15 is 0 Å². The molecule has 0 saturated heterocycles. The number of anilines is 1. The Morgan fingerprint density at radius 2 is 1.83 bits per heavy atom. The van der Waals surface area contributed by atoms with Crippen molar-refractivity contribution in [3.05, 3.63) is 82.7 Å². The number of amides is 1. The van der Waals surface area contributed by atoms with Crippen LogP contribution in [0.2, 0.25) is 0 Å². The summed E-state index contributed by atoms with van der Waals surface area (Å²) in [7, 11) is 3.96. The van der Waals surface area contributed by atoms with E-state index in [0.717, 1.165) is 28.2 Å². The largest absolute Gasteiger partial charge is 0.381 e. The number of hydrogen-bond acceptors (Lipinski definition) is 7. The van der Waals surface area contributed by atoms with Crippen LogP contribution in [0.25, 0.3) is 22.7 Å². The number of nitriles is 1. The predicted molar refractivity (Wildman–Crippen MR) is 157 cm³/mol. The van der Waals surface area contributed by atoms with E-state index in [1.165, 1.54) is 11.6 Å². The third kappa shape index (κ3) is 4.49. The van der Waals surface area contributed by atoms with E-state index in [1.807, 2.05) is 81.6 Å². The van der Waals surface area contributed by atoms with Crippen molar-refractivity contribution in [1.82, 2.24) is 29.2 Å². The average molecular weight is 549 g/mol. The lowest BCUT2D eigenvalue weighted by molar-refractivity contribution is -0.121. The van der Waals surface area contributed by atoms with Crippen molar-refractivity contribution in [2.24, 2.45) is 0 Å². The molecule has 1 amide bonds. The van der Waals surface area contributed by atoms with Crippen molar-refractivity contribution in [1.29, 1.82) is 5.26 Å². The molecule has 1 aliphatic heterocycles. The summed E-state index contributed by atoms with van der Waals surface area (Å²) in [6.07, 6.45) is 5.63. The van der Waals surface area contributed by atoms with Gasteiger partial charge < -0.3 is 4.90 Å². The number of fused-ring (bicyclic) bond motifs is 2. The number of allylic oxidation sites excluding steroid dienone is 4. The minimum atomic E-state index is -0.759. The van der Waals surface area contributed by atoms with Gasteiger partial charge in [0.15, 0.2) is 17.3 Å². The minimum Gasteiger partial charge on any atom is -0.381 e. The Hall–Kier alpha value is -5.04. The van der Waals surface area contributed by atoms with Crippen LogP contribution in [-0.4, -0.2) is 55.0 Å². The number of aryl methyl sites for hydroxylation is 1. The highest BCUT2D eigenvalue weighted by molar-refractivity contribution is 6.11. The zero-order valence-electron chi connectivity index (χ0n) is 24.5. The molecule has 4 aromatic rings. The van der Waals surface area contributed by atoms with Crippen molar-refractivity contribution in [3.63, 3.8) is 0 Å². The molecule has 0 N–H and O–H groups in total. The number of imidazole rings is 1. The number of carbonyl (C=O) groups is 2. The van der Waals surface area contributed by atoms with Gasteiger partial charge in [0.25, 0.3) is 0 Å². The van der Waals surface area contributed by atoms with Crippen LogP contribution in [0.4, 0.5) is 5.69 Å². The first-order chi connectivity index (χ1) is 19.3. The fraction of sp³-hybridized carbons (Fsp3) is 0.290. The molecule has 5 rings (SSSR count). The minimum absolute atomic E-state index is 0.00923. The molecule has 208 valence electrons. The molecule has 0 atom stereocenters. The number of rotatable bonds is 6. The number of aromatic nitrogens is 5. The standard InChI is InChI=1S/C31H32N8O2/c1-18(36(7)8)9-10-19(2)38-26-15-25-27(14-24(26)31(5,6)30(38)41)37(17-33-25)28-12-11-23(21(4)40)29(34-28)39-20(3)13-22(16-32)35-39/h9-15,17H,1-8H3/b18-9-,19-10+. The number of carbonyl (C=O) groups excluding carboxylic acids is 2. The number of benzene rings is 1. The van der Waals surface area contributed by atoms with E-state index in [-0.39, 0.29) is 17.4 Å². The zero-order valence-corrected chi connectivity index (χ0v) is 24.5. The highest BCUT2D eigenvalue weighted by Crippen LogP contribution is 2.45. The Bertz CT molecular complexity index is 1850. The van der Waals surface area contributed by atoms with Gasteiger partial charge in [0.1, 0.15) is 18.2 Å². The molecule has 0 saturated carbocycles. The molecule has 0 bridgehead atoms. The maximum Gasteiger partial charge on any atom is 0.241 e. The summed E-state index contributed by atoms with van der Waals surface area (Å²) >= 11 is 0. The Morgan fingerprint density at radius 3 is 2.46 bits per heavy atom. The normalized spacial score (nSPS) is 14.9. The third-order valence-corrected chi connectivity index (χ3v) is 7.63. The summed E-state index contributed by atoms with van der Waals surface area (Å²) in [4.78, 5) is 39.4. The van der Waals surface area contributed by atoms with E-state index < -0.39 is 5.41 Å². The van der Waals surface area contributed by atoms with Crippen molar-refractivity contribution in [2.45, 2.75) is 47.0 Å². The van der Waals surface area contributed by atoms with Crippen LogP contribution in [0.3, 0.4) is 0 Å².